The number of hydrogen-bond acceptors (Lipinski definition) is 12. The van der Waals surface area contributed by atoms with Crippen molar-refractivity contribution in [2.24, 2.45) is 0 Å². The van der Waals surface area contributed by atoms with Crippen LogP contribution in [-0.4, -0.2) is 95.4 Å². The SMILES string of the molecule is O=C([O-])C(O)C(O)C(O)C(O)CO.O=P([O-])([O-])OP(=O)(O)O.[Mg+2].[Na+]. The first-order valence-corrected chi connectivity index (χ1v) is 7.94. The Bertz CT molecular complexity index is 417. The van der Waals surface area contributed by atoms with Crippen LogP contribution in [0.4, 0.5) is 0 Å². The minimum Gasteiger partial charge on any atom is -0.789 e. The first kappa shape index (κ1) is 32.9. The average molecular weight is 418 g/mol. The summed E-state index contributed by atoms with van der Waals surface area (Å²) in [5.41, 5.74) is 0. The minimum atomic E-state index is -5.55. The molecule has 0 spiro atoms. The predicted octanol–water partition coefficient (Wildman–Crippen LogP) is -10.3. The van der Waals surface area contributed by atoms with Gasteiger partial charge in [-0.15, -0.1) is 0 Å². The molecule has 0 aromatic carbocycles. The van der Waals surface area contributed by atoms with Crippen LogP contribution in [0.1, 0.15) is 0 Å². The molecular formula is C6H13MgNaO14P2. The molecule has 24 heavy (non-hydrogen) atoms. The van der Waals surface area contributed by atoms with E-state index in [0.717, 1.165) is 0 Å². The van der Waals surface area contributed by atoms with Gasteiger partial charge in [0, 0.05) is 0 Å². The summed E-state index contributed by atoms with van der Waals surface area (Å²) >= 11 is 0. The summed E-state index contributed by atoms with van der Waals surface area (Å²) in [6.07, 6.45) is -8.08. The smallest absolute Gasteiger partial charge is 0.789 e. The van der Waals surface area contributed by atoms with Crippen LogP contribution >= 0.6 is 15.6 Å². The molecule has 0 aromatic rings. The fraction of sp³-hybridized carbons (Fsp3) is 0.833. The van der Waals surface area contributed by atoms with Crippen LogP contribution in [-0.2, 0) is 18.2 Å². The van der Waals surface area contributed by atoms with Gasteiger partial charge in [-0.2, -0.15) is 0 Å². The van der Waals surface area contributed by atoms with Crippen molar-refractivity contribution in [2.75, 3.05) is 6.61 Å². The number of carboxylic acids is 1. The van der Waals surface area contributed by atoms with Crippen LogP contribution < -0.4 is 44.5 Å². The molecule has 18 heteroatoms. The summed E-state index contributed by atoms with van der Waals surface area (Å²) < 4.78 is 21.7. The summed E-state index contributed by atoms with van der Waals surface area (Å²) in [7, 11) is -10.7. The third kappa shape index (κ3) is 18.1. The van der Waals surface area contributed by atoms with Crippen LogP contribution in [0.2, 0.25) is 0 Å². The van der Waals surface area contributed by atoms with Gasteiger partial charge in [0.2, 0.25) is 0 Å². The minimum absolute atomic E-state index is 0. The number of phosphoric acid groups is 2. The van der Waals surface area contributed by atoms with E-state index in [9.17, 15) is 28.8 Å². The molecule has 4 unspecified atom stereocenters. The van der Waals surface area contributed by atoms with Crippen molar-refractivity contribution in [1.82, 2.24) is 0 Å². The number of aliphatic hydroxyl groups is 5. The van der Waals surface area contributed by atoms with Gasteiger partial charge in [-0.1, -0.05) is 0 Å². The van der Waals surface area contributed by atoms with E-state index in [0.29, 0.717) is 0 Å². The first-order valence-electron chi connectivity index (χ1n) is 4.95. The molecule has 7 N–H and O–H groups in total. The number of rotatable bonds is 7. The molecule has 0 amide bonds. The molecule has 0 rings (SSSR count). The van der Waals surface area contributed by atoms with Gasteiger partial charge in [-0.3, -0.25) is 4.31 Å². The van der Waals surface area contributed by atoms with Crippen molar-refractivity contribution in [3.8, 4) is 0 Å². The van der Waals surface area contributed by atoms with E-state index >= 15 is 0 Å². The van der Waals surface area contributed by atoms with Crippen molar-refractivity contribution >= 4 is 44.7 Å². The van der Waals surface area contributed by atoms with Crippen LogP contribution in [0.15, 0.2) is 0 Å². The van der Waals surface area contributed by atoms with Gasteiger partial charge in [0.05, 0.1) is 20.4 Å². The average Bonchev–Trinajstić information content (AvgIpc) is 2.31. The Morgan fingerprint density at radius 2 is 1.42 bits per heavy atom. The molecule has 0 aliphatic carbocycles. The van der Waals surface area contributed by atoms with Crippen molar-refractivity contribution < 1.29 is 98.0 Å². The monoisotopic (exact) mass is 418 g/mol. The molecule has 0 aromatic heterocycles. The standard InChI is InChI=1S/C6H12O7.Mg.Na.H4O7P2/c7-1-2(8)3(9)4(10)5(11)6(12)13;;;1-8(2,3)7-9(4,5)6/h2-5,7-11H,1H2,(H,12,13);;;(H2,1,2,3)(H2,4,5,6)/q;+2;+1;/p-3. The largest absolute Gasteiger partial charge is 2.00 e. The Hall–Kier alpha value is 1.30. The second-order valence-electron chi connectivity index (χ2n) is 3.51. The van der Waals surface area contributed by atoms with Crippen molar-refractivity contribution in [3.63, 3.8) is 0 Å². The fourth-order valence-electron chi connectivity index (χ4n) is 0.792. The molecule has 0 aliphatic rings. The number of aliphatic carboxylic acids is 1. The number of hydrogen-bond donors (Lipinski definition) is 7. The van der Waals surface area contributed by atoms with E-state index in [1.54, 1.807) is 0 Å². The molecular weight excluding hydrogens is 405 g/mol. The molecule has 134 valence electrons. The van der Waals surface area contributed by atoms with Gasteiger partial charge in [0.1, 0.15) is 24.4 Å². The zero-order valence-electron chi connectivity index (χ0n) is 12.1. The quantitative estimate of drug-likeness (QED) is 0.149. The molecule has 0 radical (unpaired) electrons. The molecule has 0 bridgehead atoms. The normalized spacial score (nSPS) is 16.2. The summed E-state index contributed by atoms with van der Waals surface area (Å²) in [4.78, 5) is 44.1. The Balaban J connectivity index is -0.000000162. The van der Waals surface area contributed by atoms with Crippen molar-refractivity contribution in [1.29, 1.82) is 0 Å². The van der Waals surface area contributed by atoms with Crippen molar-refractivity contribution in [2.45, 2.75) is 24.4 Å². The summed E-state index contributed by atoms with van der Waals surface area (Å²) in [6, 6.07) is 0. The van der Waals surface area contributed by atoms with Crippen LogP contribution in [0.25, 0.3) is 0 Å². The number of carboxylic acid groups (broad SMARTS) is 1. The van der Waals surface area contributed by atoms with Crippen LogP contribution in [0.3, 0.4) is 0 Å². The first-order chi connectivity index (χ1) is 9.62. The van der Waals surface area contributed by atoms with Crippen molar-refractivity contribution in [3.05, 3.63) is 0 Å². The van der Waals surface area contributed by atoms with Gasteiger partial charge in [-0.25, -0.2) is 4.57 Å². The van der Waals surface area contributed by atoms with Crippen LogP contribution in [0, 0.1) is 0 Å². The fourth-order valence-corrected chi connectivity index (χ4v) is 1.83. The van der Waals surface area contributed by atoms with Gasteiger partial charge in [0.15, 0.2) is 0 Å². The second kappa shape index (κ2) is 14.4. The zero-order chi connectivity index (χ0) is 18.3. The third-order valence-electron chi connectivity index (χ3n) is 1.70. The van der Waals surface area contributed by atoms with Gasteiger partial charge >= 0.3 is 60.4 Å². The van der Waals surface area contributed by atoms with E-state index in [4.69, 9.17) is 35.3 Å². The summed E-state index contributed by atoms with van der Waals surface area (Å²) in [6.45, 7) is -0.863. The zero-order valence-corrected chi connectivity index (χ0v) is 17.3. The van der Waals surface area contributed by atoms with Gasteiger partial charge < -0.3 is 59.6 Å². The maximum atomic E-state index is 9.98. The molecule has 0 saturated heterocycles. The summed E-state index contributed by atoms with van der Waals surface area (Å²) in [5, 5.41) is 53.4. The maximum absolute atomic E-state index is 9.98. The molecule has 0 saturated carbocycles. The van der Waals surface area contributed by atoms with E-state index in [-0.39, 0.29) is 52.6 Å². The van der Waals surface area contributed by atoms with E-state index in [2.05, 4.69) is 4.31 Å². The van der Waals surface area contributed by atoms with Gasteiger partial charge in [-0.05, 0) is 0 Å². The molecule has 14 nitrogen and oxygen atoms in total. The molecule has 0 heterocycles. The molecule has 0 fully saturated rings. The van der Waals surface area contributed by atoms with Crippen LogP contribution in [0.5, 0.6) is 0 Å². The Morgan fingerprint density at radius 3 is 1.58 bits per heavy atom. The third-order valence-corrected chi connectivity index (χ3v) is 3.35. The Kier molecular flexibility index (Phi) is 19.7. The Morgan fingerprint density at radius 1 is 1.04 bits per heavy atom. The Labute approximate surface area is 173 Å². The second-order valence-corrected chi connectivity index (χ2v) is 6.04. The molecule has 0 aliphatic heterocycles. The molecule has 4 atom stereocenters. The summed E-state index contributed by atoms with van der Waals surface area (Å²) in [5.74, 6) is -1.98. The topological polar surface area (TPSA) is 271 Å². The number of aliphatic hydroxyl groups excluding tert-OH is 5. The van der Waals surface area contributed by atoms with E-state index in [1.807, 2.05) is 0 Å². The number of carbonyl (C=O) groups is 1. The number of carbonyl (C=O) groups excluding carboxylic acids is 1. The predicted molar refractivity (Wildman–Crippen MR) is 62.6 cm³/mol. The maximum Gasteiger partial charge on any atom is 2.00 e. The van der Waals surface area contributed by atoms with E-state index < -0.39 is 52.6 Å². The van der Waals surface area contributed by atoms with Gasteiger partial charge in [0.25, 0.3) is 0 Å². The van der Waals surface area contributed by atoms with E-state index in [1.165, 1.54) is 0 Å².